The van der Waals surface area contributed by atoms with E-state index < -0.39 is 0 Å². The van der Waals surface area contributed by atoms with E-state index in [4.69, 9.17) is 10.3 Å². The number of nitrogens with zero attached hydrogens (tertiary/aromatic N) is 4. The number of hydrogen-bond acceptors (Lipinski definition) is 6. The fourth-order valence-electron chi connectivity index (χ4n) is 2.64. The van der Waals surface area contributed by atoms with Crippen LogP contribution in [0.25, 0.3) is 0 Å². The first-order valence-corrected chi connectivity index (χ1v) is 7.54. The van der Waals surface area contributed by atoms with Gasteiger partial charge in [-0.25, -0.2) is 0 Å². The molecule has 2 heterocycles. The summed E-state index contributed by atoms with van der Waals surface area (Å²) in [5, 5.41) is 4.11. The molecule has 1 aliphatic rings. The standard InChI is InChI=1S/C14H27N5O/c1-11(2)8-12(10-15)9-13-16-14(17-20-13)19-6-4-18(3)5-7-19/h11-12H,4-10,15H2,1-3H3. The number of piperazine rings is 1. The summed E-state index contributed by atoms with van der Waals surface area (Å²) in [6.45, 7) is 9.11. The van der Waals surface area contributed by atoms with Crippen LogP contribution in [0.2, 0.25) is 0 Å². The summed E-state index contributed by atoms with van der Waals surface area (Å²) in [4.78, 5) is 9.03. The van der Waals surface area contributed by atoms with Crippen LogP contribution in [0.3, 0.4) is 0 Å². The second-order valence-corrected chi connectivity index (χ2v) is 6.21. The highest BCUT2D eigenvalue weighted by molar-refractivity contribution is 5.28. The molecule has 0 aromatic carbocycles. The average Bonchev–Trinajstić information content (AvgIpc) is 2.87. The van der Waals surface area contributed by atoms with E-state index in [1.807, 2.05) is 0 Å². The molecule has 2 rings (SSSR count). The van der Waals surface area contributed by atoms with Crippen LogP contribution in [-0.4, -0.2) is 54.8 Å². The van der Waals surface area contributed by atoms with Crippen LogP contribution in [0.4, 0.5) is 5.95 Å². The Hall–Kier alpha value is -1.14. The van der Waals surface area contributed by atoms with E-state index in [0.29, 0.717) is 18.4 Å². The van der Waals surface area contributed by atoms with Crippen molar-refractivity contribution >= 4 is 5.95 Å². The predicted octanol–water partition coefficient (Wildman–Crippen LogP) is 0.985. The van der Waals surface area contributed by atoms with Gasteiger partial charge in [0.25, 0.3) is 5.95 Å². The van der Waals surface area contributed by atoms with Gasteiger partial charge in [-0.2, -0.15) is 4.98 Å². The molecule has 0 saturated carbocycles. The quantitative estimate of drug-likeness (QED) is 0.838. The van der Waals surface area contributed by atoms with Gasteiger partial charge in [-0.05, 0) is 37.0 Å². The monoisotopic (exact) mass is 281 g/mol. The number of aromatic nitrogens is 2. The zero-order valence-corrected chi connectivity index (χ0v) is 12.9. The molecule has 6 heteroatoms. The van der Waals surface area contributed by atoms with Crippen LogP contribution in [0.5, 0.6) is 0 Å². The summed E-state index contributed by atoms with van der Waals surface area (Å²) in [7, 11) is 2.14. The fourth-order valence-corrected chi connectivity index (χ4v) is 2.64. The third-order valence-electron chi connectivity index (χ3n) is 3.84. The van der Waals surface area contributed by atoms with E-state index in [2.05, 4.69) is 40.8 Å². The first-order chi connectivity index (χ1) is 9.58. The summed E-state index contributed by atoms with van der Waals surface area (Å²) >= 11 is 0. The molecule has 1 aromatic rings. The maximum atomic E-state index is 5.83. The highest BCUT2D eigenvalue weighted by Gasteiger charge is 2.20. The summed E-state index contributed by atoms with van der Waals surface area (Å²) in [6.07, 6.45) is 1.89. The molecule has 1 fully saturated rings. The van der Waals surface area contributed by atoms with Gasteiger partial charge in [0.15, 0.2) is 0 Å². The van der Waals surface area contributed by atoms with E-state index in [9.17, 15) is 0 Å². The number of nitrogens with two attached hydrogens (primary N) is 1. The molecule has 1 saturated heterocycles. The lowest BCUT2D eigenvalue weighted by Gasteiger charge is -2.31. The van der Waals surface area contributed by atoms with Crippen molar-refractivity contribution in [2.24, 2.45) is 17.6 Å². The Morgan fingerprint density at radius 3 is 2.55 bits per heavy atom. The SMILES string of the molecule is CC(C)CC(CN)Cc1nc(N2CCN(C)CC2)no1. The lowest BCUT2D eigenvalue weighted by Crippen LogP contribution is -2.44. The maximum absolute atomic E-state index is 5.83. The number of likely N-dealkylation sites (N-methyl/N-ethyl adjacent to an activating group) is 1. The van der Waals surface area contributed by atoms with Crippen LogP contribution in [0.15, 0.2) is 4.52 Å². The number of hydrogen-bond donors (Lipinski definition) is 1. The van der Waals surface area contributed by atoms with E-state index in [1.54, 1.807) is 0 Å². The molecule has 0 amide bonds. The number of anilines is 1. The number of rotatable bonds is 6. The van der Waals surface area contributed by atoms with Gasteiger partial charge in [-0.3, -0.25) is 0 Å². The Labute approximate surface area is 121 Å². The zero-order valence-electron chi connectivity index (χ0n) is 12.9. The third kappa shape index (κ3) is 4.18. The van der Waals surface area contributed by atoms with Crippen molar-refractivity contribution < 1.29 is 4.52 Å². The topological polar surface area (TPSA) is 71.4 Å². The molecule has 0 aliphatic carbocycles. The molecule has 1 unspecified atom stereocenters. The van der Waals surface area contributed by atoms with Crippen LogP contribution in [0, 0.1) is 11.8 Å². The van der Waals surface area contributed by atoms with Crippen molar-refractivity contribution in [1.82, 2.24) is 15.0 Å². The minimum atomic E-state index is 0.427. The van der Waals surface area contributed by atoms with Crippen molar-refractivity contribution in [2.75, 3.05) is 44.7 Å². The highest BCUT2D eigenvalue weighted by atomic mass is 16.5. The van der Waals surface area contributed by atoms with Crippen molar-refractivity contribution in [3.8, 4) is 0 Å². The average molecular weight is 281 g/mol. The normalized spacial score (nSPS) is 18.8. The second kappa shape index (κ2) is 7.04. The molecule has 1 aliphatic heterocycles. The lowest BCUT2D eigenvalue weighted by molar-refractivity contribution is 0.307. The van der Waals surface area contributed by atoms with Gasteiger partial charge in [0.1, 0.15) is 0 Å². The molecular weight excluding hydrogens is 254 g/mol. The summed E-state index contributed by atoms with van der Waals surface area (Å²) < 4.78 is 5.39. The Morgan fingerprint density at radius 1 is 1.25 bits per heavy atom. The summed E-state index contributed by atoms with van der Waals surface area (Å²) in [6, 6.07) is 0. The van der Waals surface area contributed by atoms with Gasteiger partial charge in [0, 0.05) is 32.6 Å². The minimum absolute atomic E-state index is 0.427. The van der Waals surface area contributed by atoms with Gasteiger partial charge in [-0.1, -0.05) is 13.8 Å². The van der Waals surface area contributed by atoms with Crippen molar-refractivity contribution in [3.05, 3.63) is 5.89 Å². The van der Waals surface area contributed by atoms with Gasteiger partial charge in [0.05, 0.1) is 0 Å². The van der Waals surface area contributed by atoms with Crippen molar-refractivity contribution in [1.29, 1.82) is 0 Å². The van der Waals surface area contributed by atoms with E-state index in [0.717, 1.165) is 50.9 Å². The van der Waals surface area contributed by atoms with Crippen LogP contribution >= 0.6 is 0 Å². The third-order valence-corrected chi connectivity index (χ3v) is 3.84. The smallest absolute Gasteiger partial charge is 0.266 e. The first-order valence-electron chi connectivity index (χ1n) is 7.54. The first kappa shape index (κ1) is 15.3. The second-order valence-electron chi connectivity index (χ2n) is 6.21. The highest BCUT2D eigenvalue weighted by Crippen LogP contribution is 2.18. The molecule has 1 aromatic heterocycles. The van der Waals surface area contributed by atoms with Gasteiger partial charge < -0.3 is 20.1 Å². The predicted molar refractivity (Wildman–Crippen MR) is 79.7 cm³/mol. The Kier molecular flexibility index (Phi) is 5.37. The van der Waals surface area contributed by atoms with E-state index in [-0.39, 0.29) is 0 Å². The molecular formula is C14H27N5O. The van der Waals surface area contributed by atoms with Gasteiger partial charge in [0.2, 0.25) is 5.89 Å². The van der Waals surface area contributed by atoms with Gasteiger partial charge in [-0.15, -0.1) is 0 Å². The molecule has 2 N–H and O–H groups in total. The van der Waals surface area contributed by atoms with Crippen molar-refractivity contribution in [3.63, 3.8) is 0 Å². The molecule has 114 valence electrons. The Morgan fingerprint density at radius 2 is 1.95 bits per heavy atom. The molecule has 0 radical (unpaired) electrons. The van der Waals surface area contributed by atoms with Crippen LogP contribution in [-0.2, 0) is 6.42 Å². The van der Waals surface area contributed by atoms with Crippen LogP contribution in [0.1, 0.15) is 26.2 Å². The van der Waals surface area contributed by atoms with Crippen molar-refractivity contribution in [2.45, 2.75) is 26.7 Å². The lowest BCUT2D eigenvalue weighted by atomic mass is 9.94. The largest absolute Gasteiger partial charge is 0.337 e. The summed E-state index contributed by atoms with van der Waals surface area (Å²) in [5.41, 5.74) is 5.83. The molecule has 0 spiro atoms. The van der Waals surface area contributed by atoms with E-state index >= 15 is 0 Å². The van der Waals surface area contributed by atoms with E-state index in [1.165, 1.54) is 0 Å². The molecule has 0 bridgehead atoms. The van der Waals surface area contributed by atoms with Gasteiger partial charge >= 0.3 is 0 Å². The molecule has 6 nitrogen and oxygen atoms in total. The Balaban J connectivity index is 1.91. The minimum Gasteiger partial charge on any atom is -0.337 e. The maximum Gasteiger partial charge on any atom is 0.266 e. The Bertz CT molecular complexity index is 398. The fraction of sp³-hybridized carbons (Fsp3) is 0.857. The molecule has 1 atom stereocenters. The summed E-state index contributed by atoms with van der Waals surface area (Å²) in [5.74, 6) is 2.52. The molecule has 20 heavy (non-hydrogen) atoms. The zero-order chi connectivity index (χ0) is 14.5. The van der Waals surface area contributed by atoms with Crippen LogP contribution < -0.4 is 10.6 Å².